The van der Waals surface area contributed by atoms with Crippen molar-refractivity contribution in [2.24, 2.45) is 0 Å². The Bertz CT molecular complexity index is 1330. The molecular weight excluding hydrogens is 524 g/mol. The molecule has 1 atom stereocenters. The largest absolute Gasteiger partial charge is 0.308 e. The third-order valence-corrected chi connectivity index (χ3v) is 9.18. The van der Waals surface area contributed by atoms with Gasteiger partial charge in [0.2, 0.25) is 15.9 Å². The van der Waals surface area contributed by atoms with Gasteiger partial charge in [-0.2, -0.15) is 4.31 Å². The molecule has 0 aliphatic carbocycles. The van der Waals surface area contributed by atoms with Crippen LogP contribution < -0.4 is 4.90 Å². The number of anilines is 1. The van der Waals surface area contributed by atoms with Crippen molar-refractivity contribution >= 4 is 37.5 Å². The Balaban J connectivity index is 1.68. The van der Waals surface area contributed by atoms with Crippen LogP contribution in [0.1, 0.15) is 34.7 Å². The van der Waals surface area contributed by atoms with E-state index in [9.17, 15) is 13.2 Å². The molecule has 1 heterocycles. The Labute approximate surface area is 216 Å². The highest BCUT2D eigenvalue weighted by molar-refractivity contribution is 9.10. The molecule has 0 aromatic heterocycles. The van der Waals surface area contributed by atoms with Crippen LogP contribution in [-0.4, -0.2) is 37.8 Å². The van der Waals surface area contributed by atoms with E-state index in [0.717, 1.165) is 33.3 Å². The van der Waals surface area contributed by atoms with E-state index in [1.165, 1.54) is 4.31 Å². The summed E-state index contributed by atoms with van der Waals surface area (Å²) >= 11 is 3.50. The van der Waals surface area contributed by atoms with Gasteiger partial charge < -0.3 is 4.90 Å². The minimum Gasteiger partial charge on any atom is -0.308 e. The second kappa shape index (κ2) is 10.2. The highest BCUT2D eigenvalue weighted by Crippen LogP contribution is 2.35. The number of benzene rings is 3. The molecule has 0 fully saturated rings. The van der Waals surface area contributed by atoms with E-state index < -0.39 is 10.0 Å². The average Bonchev–Trinajstić information content (AvgIpc) is 3.10. The smallest absolute Gasteiger partial charge is 0.244 e. The number of aryl methyl sites for hydroxylation is 3. The van der Waals surface area contributed by atoms with E-state index in [4.69, 9.17) is 0 Å². The third kappa shape index (κ3) is 5.37. The molecule has 0 N–H and O–H groups in total. The molecule has 3 aromatic carbocycles. The second-order valence-electron chi connectivity index (χ2n) is 9.39. The SMILES string of the molecule is Cc1cc(C)c(S(=O)(=O)N(CCc2ccccc2)CC(=O)N2c3ccc(Br)cc3C[C@@H]2C)c(C)c1. The monoisotopic (exact) mass is 554 g/mol. The first-order valence-electron chi connectivity index (χ1n) is 11.8. The lowest BCUT2D eigenvalue weighted by Gasteiger charge is -2.28. The van der Waals surface area contributed by atoms with Crippen molar-refractivity contribution in [3.8, 4) is 0 Å². The fraction of sp³-hybridized carbons (Fsp3) is 0.321. The first-order valence-corrected chi connectivity index (χ1v) is 14.0. The fourth-order valence-electron chi connectivity index (χ4n) is 5.09. The number of hydrogen-bond donors (Lipinski definition) is 0. The predicted octanol–water partition coefficient (Wildman–Crippen LogP) is 5.59. The summed E-state index contributed by atoms with van der Waals surface area (Å²) in [6, 6.07) is 19.4. The lowest BCUT2D eigenvalue weighted by atomic mass is 10.1. The van der Waals surface area contributed by atoms with Gasteiger partial charge >= 0.3 is 0 Å². The van der Waals surface area contributed by atoms with Crippen molar-refractivity contribution in [3.05, 3.63) is 93.0 Å². The molecule has 7 heteroatoms. The predicted molar refractivity (Wildman–Crippen MR) is 144 cm³/mol. The minimum absolute atomic E-state index is 0.0340. The normalized spacial score (nSPS) is 15.5. The van der Waals surface area contributed by atoms with Crippen LogP contribution >= 0.6 is 15.9 Å². The molecule has 1 aliphatic rings. The number of rotatable bonds is 7. The third-order valence-electron chi connectivity index (χ3n) is 6.53. The molecule has 0 radical (unpaired) electrons. The van der Waals surface area contributed by atoms with Crippen LogP contribution in [-0.2, 0) is 27.7 Å². The number of amides is 1. The van der Waals surface area contributed by atoms with Gasteiger partial charge in [-0.1, -0.05) is 64.0 Å². The molecule has 0 saturated carbocycles. The van der Waals surface area contributed by atoms with Gasteiger partial charge in [0.15, 0.2) is 0 Å². The van der Waals surface area contributed by atoms with Gasteiger partial charge in [-0.15, -0.1) is 0 Å². The van der Waals surface area contributed by atoms with E-state index in [1.807, 2.05) is 88.4 Å². The van der Waals surface area contributed by atoms with Gasteiger partial charge in [-0.3, -0.25) is 4.79 Å². The molecule has 1 aliphatic heterocycles. The molecule has 184 valence electrons. The molecule has 0 bridgehead atoms. The summed E-state index contributed by atoms with van der Waals surface area (Å²) in [5, 5.41) is 0. The van der Waals surface area contributed by atoms with E-state index in [2.05, 4.69) is 15.9 Å². The number of halogens is 1. The van der Waals surface area contributed by atoms with Gasteiger partial charge in [0.25, 0.3) is 0 Å². The van der Waals surface area contributed by atoms with Gasteiger partial charge in [0.05, 0.1) is 11.4 Å². The zero-order valence-corrected chi connectivity index (χ0v) is 23.0. The second-order valence-corrected chi connectivity index (χ2v) is 12.2. The van der Waals surface area contributed by atoms with Crippen molar-refractivity contribution in [3.63, 3.8) is 0 Å². The zero-order chi connectivity index (χ0) is 25.3. The van der Waals surface area contributed by atoms with Gasteiger partial charge in [0.1, 0.15) is 0 Å². The van der Waals surface area contributed by atoms with Crippen LogP contribution in [0.25, 0.3) is 0 Å². The summed E-state index contributed by atoms with van der Waals surface area (Å²) < 4.78 is 30.3. The first-order chi connectivity index (χ1) is 16.6. The van der Waals surface area contributed by atoms with Crippen LogP contribution in [0.5, 0.6) is 0 Å². The number of nitrogens with zero attached hydrogens (tertiary/aromatic N) is 2. The van der Waals surface area contributed by atoms with Gasteiger partial charge in [-0.05, 0) is 81.0 Å². The van der Waals surface area contributed by atoms with E-state index >= 15 is 0 Å². The molecule has 3 aromatic rings. The van der Waals surface area contributed by atoms with Crippen LogP contribution in [0.4, 0.5) is 5.69 Å². The maximum absolute atomic E-state index is 14.0. The molecule has 0 unspecified atom stereocenters. The van der Waals surface area contributed by atoms with Crippen molar-refractivity contribution in [2.75, 3.05) is 18.0 Å². The number of carbonyl (C=O) groups is 1. The van der Waals surface area contributed by atoms with Crippen LogP contribution in [0.2, 0.25) is 0 Å². The van der Waals surface area contributed by atoms with Crippen molar-refractivity contribution < 1.29 is 13.2 Å². The minimum atomic E-state index is -3.90. The Morgan fingerprint density at radius 3 is 2.34 bits per heavy atom. The van der Waals surface area contributed by atoms with Crippen LogP contribution in [0.15, 0.2) is 70.0 Å². The highest BCUT2D eigenvalue weighted by atomic mass is 79.9. The van der Waals surface area contributed by atoms with Crippen LogP contribution in [0, 0.1) is 20.8 Å². The standard InChI is InChI=1S/C28H31BrN2O3S/c1-19-14-20(2)28(21(3)15-19)35(33,34)30(13-12-23-8-6-5-7-9-23)18-27(32)31-22(4)16-24-17-25(29)10-11-26(24)31/h5-11,14-15,17,22H,12-13,16,18H2,1-4H3/t22-/m0/s1. The topological polar surface area (TPSA) is 57.7 Å². The Morgan fingerprint density at radius 2 is 1.69 bits per heavy atom. The molecule has 0 spiro atoms. The Hall–Kier alpha value is -2.48. The first kappa shape index (κ1) is 25.6. The summed E-state index contributed by atoms with van der Waals surface area (Å²) in [4.78, 5) is 15.7. The van der Waals surface area contributed by atoms with Crippen molar-refractivity contribution in [1.82, 2.24) is 4.31 Å². The average molecular weight is 556 g/mol. The summed E-state index contributed by atoms with van der Waals surface area (Å²) in [5.74, 6) is -0.211. The van der Waals surface area contributed by atoms with Crippen molar-refractivity contribution in [2.45, 2.75) is 51.5 Å². The molecule has 1 amide bonds. The summed E-state index contributed by atoms with van der Waals surface area (Å²) in [5.41, 5.74) is 5.38. The van der Waals surface area contributed by atoms with E-state index in [-0.39, 0.29) is 25.0 Å². The van der Waals surface area contributed by atoms with Gasteiger partial charge in [0, 0.05) is 22.7 Å². The lowest BCUT2D eigenvalue weighted by Crippen LogP contribution is -2.46. The Morgan fingerprint density at radius 1 is 1.03 bits per heavy atom. The van der Waals surface area contributed by atoms with Crippen LogP contribution in [0.3, 0.4) is 0 Å². The van der Waals surface area contributed by atoms with E-state index in [0.29, 0.717) is 22.4 Å². The summed E-state index contributed by atoms with van der Waals surface area (Å²) in [6.45, 7) is 7.62. The maximum atomic E-state index is 14.0. The highest BCUT2D eigenvalue weighted by Gasteiger charge is 2.35. The van der Waals surface area contributed by atoms with Gasteiger partial charge in [-0.25, -0.2) is 8.42 Å². The fourth-order valence-corrected chi connectivity index (χ4v) is 7.30. The van der Waals surface area contributed by atoms with E-state index in [1.54, 1.807) is 4.90 Å². The summed E-state index contributed by atoms with van der Waals surface area (Å²) in [7, 11) is -3.90. The molecule has 35 heavy (non-hydrogen) atoms. The lowest BCUT2D eigenvalue weighted by molar-refractivity contribution is -0.119. The number of hydrogen-bond acceptors (Lipinski definition) is 3. The number of carbonyl (C=O) groups excluding carboxylic acids is 1. The molecule has 4 rings (SSSR count). The maximum Gasteiger partial charge on any atom is 0.244 e. The quantitative estimate of drug-likeness (QED) is 0.382. The molecule has 5 nitrogen and oxygen atoms in total. The van der Waals surface area contributed by atoms with Crippen molar-refractivity contribution in [1.29, 1.82) is 0 Å². The number of sulfonamides is 1. The Kier molecular flexibility index (Phi) is 7.50. The molecule has 0 saturated heterocycles. The summed E-state index contributed by atoms with van der Waals surface area (Å²) in [6.07, 6.45) is 1.27. The molecular formula is C28H31BrN2O3S. The zero-order valence-electron chi connectivity index (χ0n) is 20.6. The number of fused-ring (bicyclic) bond motifs is 1.